The molecule has 1 aromatic carbocycles. The molecule has 8 nitrogen and oxygen atoms in total. The van der Waals surface area contributed by atoms with Gasteiger partial charge in [0.25, 0.3) is 0 Å². The van der Waals surface area contributed by atoms with Gasteiger partial charge in [0.05, 0.1) is 24.5 Å². The quantitative estimate of drug-likeness (QED) is 0.588. The van der Waals surface area contributed by atoms with E-state index in [2.05, 4.69) is 46.7 Å². The number of anilines is 1. The average molecular weight is 461 g/mol. The molecule has 0 amide bonds. The van der Waals surface area contributed by atoms with E-state index < -0.39 is 5.54 Å². The summed E-state index contributed by atoms with van der Waals surface area (Å²) in [5.41, 5.74) is 1.87. The van der Waals surface area contributed by atoms with Crippen molar-refractivity contribution in [2.24, 2.45) is 5.41 Å². The first-order chi connectivity index (χ1) is 15.9. The fourth-order valence-corrected chi connectivity index (χ4v) is 5.76. The molecule has 0 N–H and O–H groups in total. The van der Waals surface area contributed by atoms with Crippen molar-refractivity contribution in [2.45, 2.75) is 51.2 Å². The highest BCUT2D eigenvalue weighted by atomic mass is 35.5. The van der Waals surface area contributed by atoms with Crippen LogP contribution in [0.5, 0.6) is 0 Å². The van der Waals surface area contributed by atoms with Gasteiger partial charge in [-0.3, -0.25) is 14.5 Å². The van der Waals surface area contributed by atoms with Crippen molar-refractivity contribution in [1.29, 1.82) is 5.26 Å². The molecule has 9 heteroatoms. The SMILES string of the molecule is CC(C)(C#N)N1Cc2cc(Cl)ccc2-n2c(nnc2C2CC3(C2)CN(c2cnccn2)C3)C1. The van der Waals surface area contributed by atoms with Gasteiger partial charge in [-0.25, -0.2) is 4.98 Å². The molecule has 168 valence electrons. The van der Waals surface area contributed by atoms with Crippen LogP contribution in [0.15, 0.2) is 36.8 Å². The second-order valence-corrected chi connectivity index (χ2v) is 10.6. The van der Waals surface area contributed by atoms with Crippen molar-refractivity contribution in [2.75, 3.05) is 18.0 Å². The van der Waals surface area contributed by atoms with Crippen LogP contribution in [0.25, 0.3) is 5.69 Å². The zero-order valence-corrected chi connectivity index (χ0v) is 19.5. The molecule has 1 saturated heterocycles. The third-order valence-electron chi connectivity index (χ3n) is 7.45. The van der Waals surface area contributed by atoms with Crippen LogP contribution in [0.3, 0.4) is 0 Å². The Kier molecular flexibility index (Phi) is 4.51. The van der Waals surface area contributed by atoms with Crippen molar-refractivity contribution < 1.29 is 0 Å². The lowest BCUT2D eigenvalue weighted by Crippen LogP contribution is -2.62. The summed E-state index contributed by atoms with van der Waals surface area (Å²) in [4.78, 5) is 13.1. The summed E-state index contributed by atoms with van der Waals surface area (Å²) in [6.07, 6.45) is 7.48. The molecular weight excluding hydrogens is 436 g/mol. The minimum Gasteiger partial charge on any atom is -0.354 e. The first kappa shape index (κ1) is 20.6. The summed E-state index contributed by atoms with van der Waals surface area (Å²) in [6.45, 7) is 7.12. The first-order valence-electron chi connectivity index (χ1n) is 11.3. The molecule has 0 atom stereocenters. The van der Waals surface area contributed by atoms with Crippen LogP contribution in [-0.2, 0) is 13.1 Å². The van der Waals surface area contributed by atoms with Gasteiger partial charge in [-0.2, -0.15) is 5.26 Å². The standard InChI is InChI=1S/C24H25ClN8/c1-23(2,13-26)32-11-16-7-18(25)3-4-19(16)33-21(12-32)29-30-22(33)17-8-24(9-17)14-31(15-24)20-10-27-5-6-28-20/h3-7,10,17H,8-9,11-12,14-15H2,1-2H3. The van der Waals surface area contributed by atoms with Gasteiger partial charge in [-0.1, -0.05) is 11.6 Å². The minimum atomic E-state index is -0.628. The van der Waals surface area contributed by atoms with E-state index in [-0.39, 0.29) is 0 Å². The van der Waals surface area contributed by atoms with E-state index in [1.165, 1.54) is 0 Å². The van der Waals surface area contributed by atoms with Gasteiger partial charge < -0.3 is 4.90 Å². The number of fused-ring (bicyclic) bond motifs is 3. The summed E-state index contributed by atoms with van der Waals surface area (Å²) >= 11 is 6.36. The van der Waals surface area contributed by atoms with Gasteiger partial charge in [0.2, 0.25) is 0 Å². The Balaban J connectivity index is 1.28. The van der Waals surface area contributed by atoms with Crippen LogP contribution in [0, 0.1) is 16.7 Å². The summed E-state index contributed by atoms with van der Waals surface area (Å²) in [7, 11) is 0. The number of halogens is 1. The molecule has 4 heterocycles. The second kappa shape index (κ2) is 7.24. The van der Waals surface area contributed by atoms with E-state index in [0.717, 1.165) is 54.6 Å². The molecule has 1 spiro atoms. The largest absolute Gasteiger partial charge is 0.354 e. The van der Waals surface area contributed by atoms with Crippen LogP contribution >= 0.6 is 11.6 Å². The zero-order chi connectivity index (χ0) is 22.8. The van der Waals surface area contributed by atoms with Gasteiger partial charge in [-0.15, -0.1) is 10.2 Å². The maximum absolute atomic E-state index is 9.75. The fraction of sp³-hybridized carbons (Fsp3) is 0.458. The lowest BCUT2D eigenvalue weighted by molar-refractivity contribution is 0.0581. The molecule has 0 radical (unpaired) electrons. The highest BCUT2D eigenvalue weighted by Crippen LogP contribution is 2.56. The van der Waals surface area contributed by atoms with Crippen molar-refractivity contribution in [1.82, 2.24) is 29.6 Å². The molecule has 3 aromatic rings. The van der Waals surface area contributed by atoms with Gasteiger partial charge in [0.15, 0.2) is 5.82 Å². The van der Waals surface area contributed by atoms with E-state index in [4.69, 9.17) is 11.6 Å². The molecule has 2 aliphatic heterocycles. The van der Waals surface area contributed by atoms with E-state index in [1.807, 2.05) is 32.2 Å². The van der Waals surface area contributed by atoms with Crippen molar-refractivity contribution in [3.8, 4) is 11.8 Å². The van der Waals surface area contributed by atoms with Gasteiger partial charge >= 0.3 is 0 Å². The zero-order valence-electron chi connectivity index (χ0n) is 18.7. The summed E-state index contributed by atoms with van der Waals surface area (Å²) in [5, 5.41) is 19.7. The fourth-order valence-electron chi connectivity index (χ4n) is 5.56. The molecule has 3 aliphatic rings. The molecule has 6 rings (SSSR count). The normalized spacial score (nSPS) is 19.8. The smallest absolute Gasteiger partial charge is 0.151 e. The number of aromatic nitrogens is 5. The Morgan fingerprint density at radius 2 is 1.97 bits per heavy atom. The molecule has 0 unspecified atom stereocenters. The van der Waals surface area contributed by atoms with E-state index >= 15 is 0 Å². The number of benzene rings is 1. The van der Waals surface area contributed by atoms with Gasteiger partial charge in [0.1, 0.15) is 17.2 Å². The maximum atomic E-state index is 9.75. The number of rotatable bonds is 3. The van der Waals surface area contributed by atoms with Crippen LogP contribution in [0.1, 0.15) is 49.8 Å². The van der Waals surface area contributed by atoms with E-state index in [1.54, 1.807) is 12.4 Å². The topological polar surface area (TPSA) is 86.8 Å². The average Bonchev–Trinajstić information content (AvgIpc) is 3.07. The third-order valence-corrected chi connectivity index (χ3v) is 7.68. The minimum absolute atomic E-state index is 0.330. The van der Waals surface area contributed by atoms with Gasteiger partial charge in [0, 0.05) is 48.4 Å². The molecular formula is C24H25ClN8. The summed E-state index contributed by atoms with van der Waals surface area (Å²) < 4.78 is 2.22. The molecule has 2 aromatic heterocycles. The Hall–Kier alpha value is -3.02. The predicted octanol–water partition coefficient (Wildman–Crippen LogP) is 3.71. The number of nitrogens with zero attached hydrogens (tertiary/aromatic N) is 8. The summed E-state index contributed by atoms with van der Waals surface area (Å²) in [5.74, 6) is 3.22. The van der Waals surface area contributed by atoms with Crippen molar-refractivity contribution in [3.05, 3.63) is 59.0 Å². The maximum Gasteiger partial charge on any atom is 0.151 e. The van der Waals surface area contributed by atoms with E-state index in [0.29, 0.717) is 29.4 Å². The third kappa shape index (κ3) is 3.30. The Labute approximate surface area is 197 Å². The molecule has 0 bridgehead atoms. The monoisotopic (exact) mass is 460 g/mol. The molecule has 1 saturated carbocycles. The lowest BCUT2D eigenvalue weighted by atomic mass is 9.57. The Morgan fingerprint density at radius 3 is 2.70 bits per heavy atom. The Morgan fingerprint density at radius 1 is 1.15 bits per heavy atom. The Bertz CT molecular complexity index is 1250. The van der Waals surface area contributed by atoms with Gasteiger partial charge in [-0.05, 0) is 50.5 Å². The highest BCUT2D eigenvalue weighted by molar-refractivity contribution is 6.30. The van der Waals surface area contributed by atoms with Crippen LogP contribution < -0.4 is 4.90 Å². The molecule has 33 heavy (non-hydrogen) atoms. The van der Waals surface area contributed by atoms with Crippen molar-refractivity contribution in [3.63, 3.8) is 0 Å². The first-order valence-corrected chi connectivity index (χ1v) is 11.7. The van der Waals surface area contributed by atoms with Crippen LogP contribution in [0.2, 0.25) is 5.02 Å². The predicted molar refractivity (Wildman–Crippen MR) is 124 cm³/mol. The molecule has 1 aliphatic carbocycles. The highest BCUT2D eigenvalue weighted by Gasteiger charge is 2.54. The number of hydrogen-bond acceptors (Lipinski definition) is 7. The van der Waals surface area contributed by atoms with Crippen LogP contribution in [0.4, 0.5) is 5.82 Å². The van der Waals surface area contributed by atoms with Crippen LogP contribution in [-0.4, -0.2) is 48.3 Å². The van der Waals surface area contributed by atoms with Crippen molar-refractivity contribution >= 4 is 17.4 Å². The molecule has 2 fully saturated rings. The summed E-state index contributed by atoms with van der Waals surface area (Å²) in [6, 6.07) is 8.42. The lowest BCUT2D eigenvalue weighted by Gasteiger charge is -2.59. The number of nitriles is 1. The second-order valence-electron chi connectivity index (χ2n) is 10.1. The number of hydrogen-bond donors (Lipinski definition) is 0. The van der Waals surface area contributed by atoms with E-state index in [9.17, 15) is 5.26 Å².